The Kier molecular flexibility index (Phi) is 8.25. The SMILES string of the molecule is CC(=O)Oc1c2c(c(CC=C(C)C)c3c1C(=O)C1=CC4CC5C(C)(C)OC(C/C=C(\C)C(=O)O)(C4=O)C15O3)OC(C)(CCC=C(C)C)C=C2. The van der Waals surface area contributed by atoms with Gasteiger partial charge in [0.1, 0.15) is 22.7 Å². The second-order valence-electron chi connectivity index (χ2n) is 15.3. The fraction of sp³-hybridized carbons (Fsp3) is 0.500. The largest absolute Gasteiger partial charge is 0.482 e. The van der Waals surface area contributed by atoms with E-state index < -0.39 is 52.0 Å². The zero-order valence-corrected chi connectivity index (χ0v) is 29.9. The Morgan fingerprint density at radius 1 is 0.980 bits per heavy atom. The van der Waals surface area contributed by atoms with Gasteiger partial charge in [-0.05, 0) is 93.2 Å². The molecule has 0 radical (unpaired) electrons. The molecular weight excluding hydrogens is 624 g/mol. The molecule has 9 heteroatoms. The van der Waals surface area contributed by atoms with Gasteiger partial charge < -0.3 is 24.1 Å². The summed E-state index contributed by atoms with van der Waals surface area (Å²) < 4.78 is 26.7. The molecule has 2 fully saturated rings. The lowest BCUT2D eigenvalue weighted by molar-refractivity contribution is -0.171. The maximum Gasteiger partial charge on any atom is 0.330 e. The number of ketones is 2. The molecule has 4 bridgehead atoms. The minimum atomic E-state index is -1.66. The number of carboxylic acid groups (broad SMARTS) is 1. The summed E-state index contributed by atoms with van der Waals surface area (Å²) in [5.41, 5.74) is -1.08. The third-order valence-corrected chi connectivity index (χ3v) is 10.7. The first-order valence-electron chi connectivity index (χ1n) is 17.0. The fourth-order valence-corrected chi connectivity index (χ4v) is 8.41. The third-order valence-electron chi connectivity index (χ3n) is 10.7. The number of Topliss-reactive ketones (excluding diaryl/α,β-unsaturated/α-hetero) is 2. The number of carboxylic acids is 1. The van der Waals surface area contributed by atoms with Crippen LogP contribution in [0.1, 0.15) is 109 Å². The molecule has 3 aliphatic heterocycles. The van der Waals surface area contributed by atoms with E-state index in [1.807, 2.05) is 66.7 Å². The molecule has 1 N–H and O–H groups in total. The minimum Gasteiger partial charge on any atom is -0.482 e. The van der Waals surface area contributed by atoms with E-state index in [-0.39, 0.29) is 40.4 Å². The number of benzene rings is 1. The maximum absolute atomic E-state index is 15.1. The van der Waals surface area contributed by atoms with Crippen LogP contribution in [0.15, 0.2) is 52.7 Å². The summed E-state index contributed by atoms with van der Waals surface area (Å²) in [5.74, 6) is -2.71. The summed E-state index contributed by atoms with van der Waals surface area (Å²) in [6.45, 7) is 16.6. The number of carbonyl (C=O) groups is 4. The first kappa shape index (κ1) is 34.6. The van der Waals surface area contributed by atoms with Crippen LogP contribution < -0.4 is 14.2 Å². The lowest BCUT2D eigenvalue weighted by Gasteiger charge is -2.56. The predicted octanol–water partition coefficient (Wildman–Crippen LogP) is 7.46. The lowest BCUT2D eigenvalue weighted by atomic mass is 9.51. The van der Waals surface area contributed by atoms with Crippen molar-refractivity contribution in [3.63, 3.8) is 0 Å². The zero-order chi connectivity index (χ0) is 35.8. The Morgan fingerprint density at radius 2 is 1.67 bits per heavy atom. The van der Waals surface area contributed by atoms with Crippen molar-refractivity contribution in [3.8, 4) is 17.2 Å². The molecule has 3 aliphatic carbocycles. The molecule has 3 heterocycles. The van der Waals surface area contributed by atoms with Crippen molar-refractivity contribution in [2.75, 3.05) is 0 Å². The zero-order valence-electron chi connectivity index (χ0n) is 29.9. The number of hydrogen-bond donors (Lipinski definition) is 1. The van der Waals surface area contributed by atoms with Crippen molar-refractivity contribution < 1.29 is 43.2 Å². The van der Waals surface area contributed by atoms with Gasteiger partial charge in [0.2, 0.25) is 0 Å². The maximum atomic E-state index is 15.1. The smallest absolute Gasteiger partial charge is 0.330 e. The molecule has 49 heavy (non-hydrogen) atoms. The third kappa shape index (κ3) is 5.23. The summed E-state index contributed by atoms with van der Waals surface area (Å²) in [7, 11) is 0. The second kappa shape index (κ2) is 11.7. The number of fused-ring (bicyclic) bond motifs is 2. The summed E-state index contributed by atoms with van der Waals surface area (Å²) in [4.78, 5) is 54.0. The van der Waals surface area contributed by atoms with Crippen molar-refractivity contribution in [1.29, 1.82) is 0 Å². The van der Waals surface area contributed by atoms with Crippen LogP contribution in [0.5, 0.6) is 17.2 Å². The molecule has 5 atom stereocenters. The lowest BCUT2D eigenvalue weighted by Crippen LogP contribution is -2.72. The average Bonchev–Trinajstić information content (AvgIpc) is 3.15. The van der Waals surface area contributed by atoms with E-state index >= 15 is 4.79 Å². The Bertz CT molecular complexity index is 1840. The molecule has 0 aromatic heterocycles. The monoisotopic (exact) mass is 670 g/mol. The molecule has 6 aliphatic rings. The van der Waals surface area contributed by atoms with Gasteiger partial charge in [-0.1, -0.05) is 35.5 Å². The Hall–Kier alpha value is -4.24. The molecule has 260 valence electrons. The van der Waals surface area contributed by atoms with Crippen LogP contribution in [0.25, 0.3) is 6.08 Å². The molecule has 7 rings (SSSR count). The van der Waals surface area contributed by atoms with Crippen molar-refractivity contribution >= 4 is 29.6 Å². The summed E-state index contributed by atoms with van der Waals surface area (Å²) in [5, 5.41) is 9.70. The van der Waals surface area contributed by atoms with Gasteiger partial charge in [0.15, 0.2) is 28.5 Å². The van der Waals surface area contributed by atoms with Crippen LogP contribution in [0.3, 0.4) is 0 Å². The van der Waals surface area contributed by atoms with Crippen molar-refractivity contribution in [1.82, 2.24) is 0 Å². The van der Waals surface area contributed by atoms with Crippen LogP contribution >= 0.6 is 0 Å². The van der Waals surface area contributed by atoms with Crippen LogP contribution in [0.2, 0.25) is 0 Å². The Balaban J connectivity index is 1.64. The summed E-state index contributed by atoms with van der Waals surface area (Å²) in [6.07, 6.45) is 13.3. The molecule has 1 aromatic carbocycles. The van der Waals surface area contributed by atoms with Crippen molar-refractivity contribution in [3.05, 3.63) is 69.4 Å². The van der Waals surface area contributed by atoms with Gasteiger partial charge in [-0.25, -0.2) is 4.79 Å². The molecule has 5 unspecified atom stereocenters. The van der Waals surface area contributed by atoms with E-state index in [0.717, 1.165) is 12.0 Å². The quantitative estimate of drug-likeness (QED) is 0.123. The Morgan fingerprint density at radius 3 is 2.31 bits per heavy atom. The predicted molar refractivity (Wildman–Crippen MR) is 184 cm³/mol. The topological polar surface area (TPSA) is 125 Å². The molecular formula is C40H46O9. The highest BCUT2D eigenvalue weighted by Gasteiger charge is 2.81. The normalized spacial score (nSPS) is 29.9. The summed E-state index contributed by atoms with van der Waals surface area (Å²) in [6, 6.07) is 0. The average molecular weight is 671 g/mol. The van der Waals surface area contributed by atoms with Gasteiger partial charge in [0.05, 0.1) is 11.2 Å². The number of rotatable bonds is 9. The van der Waals surface area contributed by atoms with E-state index in [0.29, 0.717) is 36.1 Å². The van der Waals surface area contributed by atoms with Gasteiger partial charge >= 0.3 is 11.9 Å². The fourth-order valence-electron chi connectivity index (χ4n) is 8.41. The van der Waals surface area contributed by atoms with Gasteiger partial charge in [0, 0.05) is 41.9 Å². The van der Waals surface area contributed by atoms with Gasteiger partial charge in [-0.3, -0.25) is 14.4 Å². The number of allylic oxidation sites excluding steroid dienone is 5. The minimum absolute atomic E-state index is 0.0535. The highest BCUT2D eigenvalue weighted by atomic mass is 16.6. The van der Waals surface area contributed by atoms with E-state index in [1.54, 1.807) is 6.08 Å². The summed E-state index contributed by atoms with van der Waals surface area (Å²) >= 11 is 0. The molecule has 9 nitrogen and oxygen atoms in total. The standard InChI is InChI=1S/C40H46O9/c1-21(2)11-10-16-38(9)17-15-27-32(47-38)26(13-12-22(3)4)34-30(33(27)46-24(6)41)31(42)28-19-25-20-29-37(7,8)49-39(35(25)43,40(28,29)48-34)18-14-23(5)36(44)45/h11-12,14-15,17,19,25,29H,10,13,16,18,20H2,1-9H3,(H,44,45)/b23-14+. The van der Waals surface area contributed by atoms with Crippen molar-refractivity contribution in [2.24, 2.45) is 11.8 Å². The molecule has 1 saturated carbocycles. The second-order valence-corrected chi connectivity index (χ2v) is 15.3. The number of aliphatic carboxylic acids is 1. The van der Waals surface area contributed by atoms with E-state index in [4.69, 9.17) is 18.9 Å². The Labute approximate surface area is 287 Å². The van der Waals surface area contributed by atoms with E-state index in [2.05, 4.69) is 6.08 Å². The molecule has 1 spiro atoms. The number of hydrogen-bond acceptors (Lipinski definition) is 8. The van der Waals surface area contributed by atoms with Crippen LogP contribution in [0, 0.1) is 11.8 Å². The van der Waals surface area contributed by atoms with Gasteiger partial charge in [-0.15, -0.1) is 0 Å². The van der Waals surface area contributed by atoms with Crippen LogP contribution in [-0.2, 0) is 25.5 Å². The highest BCUT2D eigenvalue weighted by molar-refractivity contribution is 6.19. The van der Waals surface area contributed by atoms with E-state index in [1.165, 1.54) is 25.5 Å². The van der Waals surface area contributed by atoms with E-state index in [9.17, 15) is 19.5 Å². The van der Waals surface area contributed by atoms with Crippen LogP contribution in [0.4, 0.5) is 0 Å². The van der Waals surface area contributed by atoms with Crippen molar-refractivity contribution in [2.45, 2.75) is 117 Å². The van der Waals surface area contributed by atoms with Gasteiger partial charge in [-0.2, -0.15) is 0 Å². The number of ether oxygens (including phenoxy) is 4. The van der Waals surface area contributed by atoms with Crippen LogP contribution in [-0.4, -0.2) is 51.0 Å². The van der Waals surface area contributed by atoms with Gasteiger partial charge in [0.25, 0.3) is 0 Å². The highest BCUT2D eigenvalue weighted by Crippen LogP contribution is 2.68. The first-order chi connectivity index (χ1) is 22.9. The molecule has 1 saturated heterocycles. The first-order valence-corrected chi connectivity index (χ1v) is 17.0. The molecule has 0 amide bonds. The molecule has 1 aromatic rings. The number of esters is 1. The number of carbonyl (C=O) groups excluding carboxylic acids is 3.